The van der Waals surface area contributed by atoms with Crippen LogP contribution in [0.4, 0.5) is 16.2 Å². The van der Waals surface area contributed by atoms with E-state index in [1.165, 1.54) is 18.1 Å². The van der Waals surface area contributed by atoms with Crippen LogP contribution in [0.5, 0.6) is 11.5 Å². The zero-order chi connectivity index (χ0) is 13.8. The van der Waals surface area contributed by atoms with Gasteiger partial charge in [0, 0.05) is 0 Å². The van der Waals surface area contributed by atoms with Gasteiger partial charge in [-0.3, -0.25) is 4.90 Å². The Labute approximate surface area is 110 Å². The number of phenolic OH excluding ortho intramolecular Hbond substituents is 1. The fourth-order valence-corrected chi connectivity index (χ4v) is 1.83. The highest BCUT2D eigenvalue weighted by Crippen LogP contribution is 2.37. The quantitative estimate of drug-likeness (QED) is 0.888. The van der Waals surface area contributed by atoms with Gasteiger partial charge in [-0.15, -0.1) is 0 Å². The first-order valence-corrected chi connectivity index (χ1v) is 5.65. The predicted molar refractivity (Wildman–Crippen MR) is 72.8 cm³/mol. The molecule has 2 amide bonds. The van der Waals surface area contributed by atoms with Crippen molar-refractivity contribution in [3.8, 4) is 11.5 Å². The van der Waals surface area contributed by atoms with Gasteiger partial charge in [0.15, 0.2) is 0 Å². The molecule has 5 nitrogen and oxygen atoms in total. The summed E-state index contributed by atoms with van der Waals surface area (Å²) in [5, 5.41) is 9.86. The number of para-hydroxylation sites is 4. The van der Waals surface area contributed by atoms with Crippen LogP contribution in [0.1, 0.15) is 0 Å². The van der Waals surface area contributed by atoms with Gasteiger partial charge in [-0.2, -0.15) is 0 Å². The monoisotopic (exact) mass is 258 g/mol. The van der Waals surface area contributed by atoms with E-state index in [0.717, 1.165) is 0 Å². The number of anilines is 2. The molecule has 0 saturated heterocycles. The van der Waals surface area contributed by atoms with Crippen molar-refractivity contribution in [2.24, 2.45) is 5.73 Å². The number of phenols is 1. The summed E-state index contributed by atoms with van der Waals surface area (Å²) < 4.78 is 5.21. The van der Waals surface area contributed by atoms with Gasteiger partial charge < -0.3 is 15.6 Å². The molecule has 0 unspecified atom stereocenters. The second kappa shape index (κ2) is 5.30. The minimum Gasteiger partial charge on any atom is -0.506 e. The molecule has 0 bridgehead atoms. The average molecular weight is 258 g/mol. The van der Waals surface area contributed by atoms with Gasteiger partial charge in [0.25, 0.3) is 0 Å². The summed E-state index contributed by atoms with van der Waals surface area (Å²) in [6, 6.07) is 12.7. The lowest BCUT2D eigenvalue weighted by Gasteiger charge is -2.23. The third-order valence-corrected chi connectivity index (χ3v) is 2.67. The largest absolute Gasteiger partial charge is 0.506 e. The highest BCUT2D eigenvalue weighted by molar-refractivity contribution is 6.01. The van der Waals surface area contributed by atoms with Crippen molar-refractivity contribution in [2.75, 3.05) is 12.0 Å². The van der Waals surface area contributed by atoms with Gasteiger partial charge >= 0.3 is 6.03 Å². The standard InChI is InChI=1S/C14H14N2O3/c1-19-13-9-5-3-7-11(13)16(14(15)18)10-6-2-4-8-12(10)17/h2-9,17H,1H3,(H2,15,18). The molecule has 0 spiro atoms. The van der Waals surface area contributed by atoms with E-state index in [1.54, 1.807) is 42.5 Å². The molecule has 98 valence electrons. The van der Waals surface area contributed by atoms with E-state index in [4.69, 9.17) is 10.5 Å². The first kappa shape index (κ1) is 12.8. The van der Waals surface area contributed by atoms with Crippen LogP contribution in [0, 0.1) is 0 Å². The minimum atomic E-state index is -0.703. The van der Waals surface area contributed by atoms with Crippen molar-refractivity contribution in [3.63, 3.8) is 0 Å². The maximum atomic E-state index is 11.7. The number of nitrogens with two attached hydrogens (primary N) is 1. The van der Waals surface area contributed by atoms with E-state index in [1.807, 2.05) is 0 Å². The van der Waals surface area contributed by atoms with E-state index in [-0.39, 0.29) is 5.75 Å². The molecule has 0 aliphatic heterocycles. The molecule has 0 saturated carbocycles. The number of carbonyl (C=O) groups is 1. The van der Waals surface area contributed by atoms with Crippen LogP contribution in [0.25, 0.3) is 0 Å². The molecular formula is C14H14N2O3. The fraction of sp³-hybridized carbons (Fsp3) is 0.0714. The van der Waals surface area contributed by atoms with Crippen molar-refractivity contribution >= 4 is 17.4 Å². The Hall–Kier alpha value is -2.69. The van der Waals surface area contributed by atoms with Gasteiger partial charge in [0.1, 0.15) is 11.5 Å². The summed E-state index contributed by atoms with van der Waals surface area (Å²) >= 11 is 0. The number of methoxy groups -OCH3 is 1. The van der Waals surface area contributed by atoms with Crippen molar-refractivity contribution in [1.29, 1.82) is 0 Å². The molecule has 0 radical (unpaired) electrons. The number of carbonyl (C=O) groups excluding carboxylic acids is 1. The fourth-order valence-electron chi connectivity index (χ4n) is 1.83. The number of nitrogens with zero attached hydrogens (tertiary/aromatic N) is 1. The lowest BCUT2D eigenvalue weighted by molar-refractivity contribution is 0.255. The first-order chi connectivity index (χ1) is 9.15. The Balaban J connectivity index is 2.59. The molecular weight excluding hydrogens is 244 g/mol. The van der Waals surface area contributed by atoms with Crippen LogP contribution < -0.4 is 15.4 Å². The van der Waals surface area contributed by atoms with Crippen LogP contribution in [0.2, 0.25) is 0 Å². The second-order valence-corrected chi connectivity index (χ2v) is 3.83. The normalized spacial score (nSPS) is 9.95. The van der Waals surface area contributed by atoms with Gasteiger partial charge in [0.05, 0.1) is 18.5 Å². The number of primary amides is 1. The zero-order valence-corrected chi connectivity index (χ0v) is 10.4. The number of rotatable bonds is 3. The number of hydrogen-bond donors (Lipinski definition) is 2. The van der Waals surface area contributed by atoms with E-state index in [2.05, 4.69) is 0 Å². The molecule has 2 aromatic rings. The summed E-state index contributed by atoms with van der Waals surface area (Å²) in [4.78, 5) is 12.9. The highest BCUT2D eigenvalue weighted by Gasteiger charge is 2.21. The van der Waals surface area contributed by atoms with Crippen molar-refractivity contribution in [1.82, 2.24) is 0 Å². The number of benzene rings is 2. The van der Waals surface area contributed by atoms with Gasteiger partial charge in [-0.05, 0) is 24.3 Å². The Kier molecular flexibility index (Phi) is 3.56. The smallest absolute Gasteiger partial charge is 0.324 e. The topological polar surface area (TPSA) is 75.8 Å². The number of urea groups is 1. The van der Waals surface area contributed by atoms with E-state index < -0.39 is 6.03 Å². The highest BCUT2D eigenvalue weighted by atomic mass is 16.5. The maximum Gasteiger partial charge on any atom is 0.324 e. The SMILES string of the molecule is COc1ccccc1N(C(N)=O)c1ccccc1O. The zero-order valence-electron chi connectivity index (χ0n) is 10.4. The Bertz CT molecular complexity index is 599. The average Bonchev–Trinajstić information content (AvgIpc) is 2.41. The van der Waals surface area contributed by atoms with Crippen LogP contribution in [-0.2, 0) is 0 Å². The summed E-state index contributed by atoms with van der Waals surface area (Å²) in [7, 11) is 1.50. The molecule has 0 aromatic heterocycles. The summed E-state index contributed by atoms with van der Waals surface area (Å²) in [6.45, 7) is 0. The summed E-state index contributed by atoms with van der Waals surface area (Å²) in [5.41, 5.74) is 6.19. The molecule has 2 aromatic carbocycles. The molecule has 19 heavy (non-hydrogen) atoms. The molecule has 0 aliphatic carbocycles. The molecule has 0 heterocycles. The van der Waals surface area contributed by atoms with E-state index >= 15 is 0 Å². The van der Waals surface area contributed by atoms with Crippen LogP contribution >= 0.6 is 0 Å². The molecule has 5 heteroatoms. The van der Waals surface area contributed by atoms with E-state index in [0.29, 0.717) is 17.1 Å². The Morgan fingerprint density at radius 2 is 1.68 bits per heavy atom. The Morgan fingerprint density at radius 3 is 2.26 bits per heavy atom. The third kappa shape index (κ3) is 2.44. The number of ether oxygens (including phenoxy) is 1. The molecule has 0 aliphatic rings. The second-order valence-electron chi connectivity index (χ2n) is 3.83. The number of amides is 2. The maximum absolute atomic E-state index is 11.7. The Morgan fingerprint density at radius 1 is 1.11 bits per heavy atom. The van der Waals surface area contributed by atoms with Gasteiger partial charge in [0.2, 0.25) is 0 Å². The number of hydrogen-bond acceptors (Lipinski definition) is 3. The van der Waals surface area contributed by atoms with E-state index in [9.17, 15) is 9.90 Å². The van der Waals surface area contributed by atoms with Gasteiger partial charge in [-0.1, -0.05) is 24.3 Å². The molecule has 2 rings (SSSR count). The van der Waals surface area contributed by atoms with Crippen LogP contribution in [0.15, 0.2) is 48.5 Å². The predicted octanol–water partition coefficient (Wildman–Crippen LogP) is 2.62. The van der Waals surface area contributed by atoms with Crippen LogP contribution in [0.3, 0.4) is 0 Å². The van der Waals surface area contributed by atoms with Crippen molar-refractivity contribution in [3.05, 3.63) is 48.5 Å². The van der Waals surface area contributed by atoms with Crippen LogP contribution in [-0.4, -0.2) is 18.2 Å². The lowest BCUT2D eigenvalue weighted by atomic mass is 10.2. The van der Waals surface area contributed by atoms with Gasteiger partial charge in [-0.25, -0.2) is 4.79 Å². The lowest BCUT2D eigenvalue weighted by Crippen LogP contribution is -2.31. The minimum absolute atomic E-state index is 0.0350. The third-order valence-electron chi connectivity index (χ3n) is 2.67. The molecule has 0 fully saturated rings. The summed E-state index contributed by atoms with van der Waals surface area (Å²) in [5.74, 6) is 0.455. The molecule has 0 atom stereocenters. The number of aromatic hydroxyl groups is 1. The molecule has 3 N–H and O–H groups in total. The van der Waals surface area contributed by atoms with Crippen molar-refractivity contribution < 1.29 is 14.6 Å². The first-order valence-electron chi connectivity index (χ1n) is 5.65. The summed E-state index contributed by atoms with van der Waals surface area (Å²) in [6.07, 6.45) is 0. The van der Waals surface area contributed by atoms with Crippen molar-refractivity contribution in [2.45, 2.75) is 0 Å².